The van der Waals surface area contributed by atoms with Crippen molar-refractivity contribution in [1.29, 1.82) is 0 Å². The highest BCUT2D eigenvalue weighted by Gasteiger charge is 2.36. The van der Waals surface area contributed by atoms with Gasteiger partial charge in [-0.15, -0.1) is 0 Å². The minimum atomic E-state index is -1.42. The van der Waals surface area contributed by atoms with Crippen molar-refractivity contribution in [1.82, 2.24) is 9.97 Å². The van der Waals surface area contributed by atoms with Crippen LogP contribution < -0.4 is 25.2 Å². The number of nitrogens with zero attached hydrogens (tertiary/aromatic N) is 4. The minimum Gasteiger partial charge on any atom is -0.494 e. The topological polar surface area (TPSA) is 53.3 Å². The molecule has 1 N–H and O–H groups in total. The fourth-order valence-corrected chi connectivity index (χ4v) is 5.65. The molecule has 1 aromatic heterocycles. The van der Waals surface area contributed by atoms with Crippen LogP contribution in [-0.4, -0.2) is 49.8 Å². The van der Waals surface area contributed by atoms with Gasteiger partial charge >= 0.3 is 0 Å². The number of benzene rings is 2. The van der Waals surface area contributed by atoms with Gasteiger partial charge in [-0.2, -0.15) is 4.98 Å². The molecule has 2 aliphatic rings. The molecule has 33 heavy (non-hydrogen) atoms. The molecule has 0 atom stereocenters. The van der Waals surface area contributed by atoms with Crippen LogP contribution in [0.15, 0.2) is 48.7 Å². The molecule has 0 bridgehead atoms. The number of para-hydroxylation sites is 1. The molecule has 2 aliphatic heterocycles. The highest BCUT2D eigenvalue weighted by atomic mass is 31.2. The second-order valence-electron chi connectivity index (χ2n) is 8.97. The first-order valence-electron chi connectivity index (χ1n) is 11.1. The summed E-state index contributed by atoms with van der Waals surface area (Å²) >= 11 is 0. The molecule has 5 rings (SSSR count). The molecule has 1 fully saturated rings. The molecular weight excluding hydrogens is 429 g/mol. The second-order valence-corrected chi connectivity index (χ2v) is 12.8. The molecule has 0 radical (unpaired) electrons. The normalized spacial score (nSPS) is 14.9. The van der Waals surface area contributed by atoms with Crippen LogP contribution >= 0.6 is 6.89 Å². The summed E-state index contributed by atoms with van der Waals surface area (Å²) in [5.41, 5.74) is 4.27. The second kappa shape index (κ2) is 9.11. The summed E-state index contributed by atoms with van der Waals surface area (Å²) in [6, 6.07) is 14.8. The molecule has 0 aliphatic carbocycles. The Balaban J connectivity index is 0.00000259. The lowest BCUT2D eigenvalue weighted by Gasteiger charge is -2.29. The maximum atomic E-state index is 5.68. The molecule has 3 aromatic rings. The highest BCUT2D eigenvalue weighted by Crippen LogP contribution is 2.53. The van der Waals surface area contributed by atoms with Crippen LogP contribution in [-0.2, 0) is 0 Å². The Morgan fingerprint density at radius 2 is 1.79 bits per heavy atom. The minimum absolute atomic E-state index is 0. The van der Waals surface area contributed by atoms with E-state index in [0.29, 0.717) is 5.95 Å². The number of methoxy groups -OCH3 is 1. The largest absolute Gasteiger partial charge is 0.494 e. The van der Waals surface area contributed by atoms with Crippen LogP contribution in [0.5, 0.6) is 5.75 Å². The molecule has 6 nitrogen and oxygen atoms in total. The van der Waals surface area contributed by atoms with Crippen molar-refractivity contribution in [3.05, 3.63) is 48.7 Å². The number of ether oxygens (including phenoxy) is 1. The van der Waals surface area contributed by atoms with Crippen molar-refractivity contribution >= 4 is 53.0 Å². The first-order valence-corrected chi connectivity index (χ1v) is 14.0. The van der Waals surface area contributed by atoms with E-state index in [1.807, 2.05) is 6.20 Å². The lowest BCUT2D eigenvalue weighted by atomic mass is 10.1. The molecule has 0 amide bonds. The quantitative estimate of drug-likeness (QED) is 0.281. The van der Waals surface area contributed by atoms with Gasteiger partial charge in [0.2, 0.25) is 5.95 Å². The van der Waals surface area contributed by atoms with Crippen LogP contribution in [0.3, 0.4) is 0 Å². The van der Waals surface area contributed by atoms with Crippen molar-refractivity contribution in [3.63, 3.8) is 0 Å². The monoisotopic (exact) mass is 463 g/mol. The number of fused-ring (bicyclic) bond motifs is 1. The van der Waals surface area contributed by atoms with Gasteiger partial charge < -0.3 is 15.0 Å². The molecule has 2 aromatic carbocycles. The van der Waals surface area contributed by atoms with Gasteiger partial charge in [-0.1, -0.05) is 38.8 Å². The van der Waals surface area contributed by atoms with Gasteiger partial charge in [0, 0.05) is 24.8 Å². The number of aromatic nitrogens is 2. The van der Waals surface area contributed by atoms with Crippen molar-refractivity contribution < 1.29 is 4.74 Å². The van der Waals surface area contributed by atoms with Crippen LogP contribution in [0, 0.1) is 0 Å². The molecule has 0 unspecified atom stereocenters. The summed E-state index contributed by atoms with van der Waals surface area (Å²) in [7, 11) is 1.70. The Labute approximate surface area is 197 Å². The average Bonchev–Trinajstić information content (AvgIpc) is 3.52. The smallest absolute Gasteiger partial charge is 0.229 e. The number of hydrogen-bond donors (Lipinski definition) is 1. The fourth-order valence-electron chi connectivity index (χ4n) is 4.36. The van der Waals surface area contributed by atoms with E-state index in [2.05, 4.69) is 82.2 Å². The van der Waals surface area contributed by atoms with Crippen LogP contribution in [0.4, 0.5) is 34.5 Å². The van der Waals surface area contributed by atoms with E-state index in [1.54, 1.807) is 7.11 Å². The van der Waals surface area contributed by atoms with Gasteiger partial charge in [0.05, 0.1) is 24.7 Å². The van der Waals surface area contributed by atoms with Crippen LogP contribution in [0.2, 0.25) is 0 Å². The standard InChI is InChI=1S/C25H30N5OP.CH4/c1-31-22-16-18(29-14-8-5-9-15-29)12-13-19(22)27-25-26-17-21-24(28-25)30(21)20-10-6-7-11-23(20)32(2,3)4;/h6-7,10-13,16-17H,2,5,8-9,14-15H2,1,3-4H3,(H,26,27,28);1H4. The average molecular weight is 464 g/mol. The predicted molar refractivity (Wildman–Crippen MR) is 145 cm³/mol. The lowest BCUT2D eigenvalue weighted by molar-refractivity contribution is 0.416. The number of piperidine rings is 1. The third-order valence-electron chi connectivity index (χ3n) is 6.08. The third kappa shape index (κ3) is 4.58. The highest BCUT2D eigenvalue weighted by molar-refractivity contribution is 7.79. The van der Waals surface area contributed by atoms with E-state index in [9.17, 15) is 0 Å². The summed E-state index contributed by atoms with van der Waals surface area (Å²) in [6.45, 7) is 5.26. The van der Waals surface area contributed by atoms with Crippen molar-refractivity contribution in [2.24, 2.45) is 0 Å². The van der Waals surface area contributed by atoms with Gasteiger partial charge in [0.25, 0.3) is 0 Å². The Bertz CT molecular complexity index is 1200. The summed E-state index contributed by atoms with van der Waals surface area (Å²) in [4.78, 5) is 13.9. The summed E-state index contributed by atoms with van der Waals surface area (Å²) in [6.07, 6.45) is 10.1. The van der Waals surface area contributed by atoms with E-state index in [1.165, 1.54) is 30.3 Å². The Morgan fingerprint density at radius 1 is 1.03 bits per heavy atom. The third-order valence-corrected chi connectivity index (χ3v) is 7.76. The van der Waals surface area contributed by atoms with Crippen molar-refractivity contribution in [2.75, 3.05) is 48.6 Å². The first-order chi connectivity index (χ1) is 15.5. The van der Waals surface area contributed by atoms with Crippen LogP contribution in [0.1, 0.15) is 26.7 Å². The zero-order valence-corrected chi connectivity index (χ0v) is 19.9. The molecule has 0 spiro atoms. The van der Waals surface area contributed by atoms with E-state index in [4.69, 9.17) is 9.72 Å². The number of nitrogens with one attached hydrogen (secondary N) is 1. The molecule has 7 heteroatoms. The lowest BCUT2D eigenvalue weighted by Crippen LogP contribution is -2.29. The molecule has 0 saturated carbocycles. The van der Waals surface area contributed by atoms with Crippen molar-refractivity contribution in [2.45, 2.75) is 26.7 Å². The van der Waals surface area contributed by atoms with E-state index in [0.717, 1.165) is 41.7 Å². The zero-order chi connectivity index (χ0) is 22.3. The zero-order valence-electron chi connectivity index (χ0n) is 19.0. The first kappa shape index (κ1) is 23.2. The summed E-state index contributed by atoms with van der Waals surface area (Å²) in [5.74, 6) is 2.30. The summed E-state index contributed by atoms with van der Waals surface area (Å²) in [5, 5.41) is 4.64. The van der Waals surface area contributed by atoms with Gasteiger partial charge in [0.15, 0.2) is 5.82 Å². The van der Waals surface area contributed by atoms with Gasteiger partial charge in [0.1, 0.15) is 11.4 Å². The van der Waals surface area contributed by atoms with Crippen LogP contribution in [0.25, 0.3) is 0 Å². The molecule has 174 valence electrons. The maximum absolute atomic E-state index is 5.68. The number of hydrogen-bond acceptors (Lipinski definition) is 6. The van der Waals surface area contributed by atoms with Crippen molar-refractivity contribution in [3.8, 4) is 5.75 Å². The maximum Gasteiger partial charge on any atom is 0.229 e. The molecule has 1 saturated heterocycles. The van der Waals surface area contributed by atoms with E-state index >= 15 is 0 Å². The van der Waals surface area contributed by atoms with Gasteiger partial charge in [-0.3, -0.25) is 4.90 Å². The van der Waals surface area contributed by atoms with E-state index < -0.39 is 6.89 Å². The number of anilines is 6. The fraction of sp³-hybridized carbons (Fsp3) is 0.346. The van der Waals surface area contributed by atoms with Gasteiger partial charge in [-0.25, -0.2) is 4.98 Å². The Kier molecular flexibility index (Phi) is 6.40. The van der Waals surface area contributed by atoms with E-state index in [-0.39, 0.29) is 7.43 Å². The number of rotatable bonds is 6. The van der Waals surface area contributed by atoms with Gasteiger partial charge in [-0.05, 0) is 56.1 Å². The molecular formula is C26H34N5OP. The Morgan fingerprint density at radius 3 is 2.52 bits per heavy atom. The summed E-state index contributed by atoms with van der Waals surface area (Å²) < 4.78 is 5.68. The SMILES string of the molecule is C.C=P(C)(C)c1ccccc1N1c2cnc(Nc3ccc(N4CCCCC4)cc3OC)nc21. The molecule has 3 heterocycles. The predicted octanol–water partition coefficient (Wildman–Crippen LogP) is 5.97. The Hall–Kier alpha value is -2.98.